The Bertz CT molecular complexity index is 2510. The van der Waals surface area contributed by atoms with E-state index in [0.717, 1.165) is 5.56 Å². The summed E-state index contributed by atoms with van der Waals surface area (Å²) >= 11 is 0. The third-order valence-electron chi connectivity index (χ3n) is 14.4. The first kappa shape index (κ1) is 58.8. The average Bonchev–Trinajstić information content (AvgIpc) is 3.77. The number of fused-ring (bicyclic) bond motifs is 1. The fraction of sp³-hybridized carbons (Fsp3) is 0.635. The second-order valence-electron chi connectivity index (χ2n) is 21.5. The second-order valence-corrected chi connectivity index (χ2v) is 21.5. The number of aliphatic hydroxyl groups excluding tert-OH is 4. The Morgan fingerprint density at radius 3 is 2.08 bits per heavy atom. The summed E-state index contributed by atoms with van der Waals surface area (Å²) < 4.78 is 59.4. The van der Waals surface area contributed by atoms with Gasteiger partial charge in [0.05, 0.1) is 37.9 Å². The van der Waals surface area contributed by atoms with Crippen LogP contribution in [0.3, 0.4) is 0 Å². The molecule has 0 bridgehead atoms. The minimum absolute atomic E-state index is 0.0649. The van der Waals surface area contributed by atoms with E-state index in [4.69, 9.17) is 52.9 Å². The third kappa shape index (κ3) is 14.9. The molecule has 3 saturated heterocycles. The van der Waals surface area contributed by atoms with Gasteiger partial charge in [-0.2, -0.15) is 0 Å². The van der Waals surface area contributed by atoms with Crippen LogP contribution in [0.15, 0.2) is 77.6 Å². The number of azide groups is 1. The number of hydrogen-bond donors (Lipinski definition) is 9. The summed E-state index contributed by atoms with van der Waals surface area (Å²) in [6, 6.07) is 14.6. The molecule has 4 heterocycles. The number of carbonyl (C=O) groups is 5. The molecule has 2 aromatic carbocycles. The predicted molar refractivity (Wildman–Crippen MR) is 268 cm³/mol. The quantitative estimate of drug-likeness (QED) is 0.0422. The second kappa shape index (κ2) is 25.8. The fourth-order valence-corrected chi connectivity index (χ4v) is 10.5. The molecule has 27 heteroatoms. The van der Waals surface area contributed by atoms with E-state index in [9.17, 15) is 49.5 Å². The van der Waals surface area contributed by atoms with Crippen molar-refractivity contribution < 1.29 is 96.9 Å². The topological polar surface area (TPSA) is 376 Å². The van der Waals surface area contributed by atoms with Crippen molar-refractivity contribution >= 4 is 30.2 Å². The highest BCUT2D eigenvalue weighted by atomic mass is 16.8. The third-order valence-corrected chi connectivity index (χ3v) is 14.4. The lowest BCUT2D eigenvalue weighted by Gasteiger charge is -2.48. The molecule has 2 aromatic rings. The van der Waals surface area contributed by atoms with Gasteiger partial charge in [-0.1, -0.05) is 72.7 Å². The van der Waals surface area contributed by atoms with E-state index in [1.54, 1.807) is 88.4 Å². The molecule has 432 valence electrons. The summed E-state index contributed by atoms with van der Waals surface area (Å²) in [5, 5.41) is 72.3. The summed E-state index contributed by atoms with van der Waals surface area (Å²) in [5.41, 5.74) is 7.84. The van der Waals surface area contributed by atoms with E-state index in [1.165, 1.54) is 0 Å². The Morgan fingerprint density at radius 1 is 0.810 bits per heavy atom. The zero-order chi connectivity index (χ0) is 56.6. The molecule has 0 unspecified atom stereocenters. The molecule has 27 nitrogen and oxygen atoms in total. The number of Topliss-reactive ketones (excluding diaryl/α,β-unsaturated/α-hetero) is 1. The van der Waals surface area contributed by atoms with Crippen molar-refractivity contribution in [1.82, 2.24) is 21.3 Å². The molecule has 0 radical (unpaired) electrons. The van der Waals surface area contributed by atoms with Crippen LogP contribution in [0.2, 0.25) is 0 Å². The van der Waals surface area contributed by atoms with Gasteiger partial charge in [0.2, 0.25) is 6.29 Å². The molecule has 0 aromatic heterocycles. The molecule has 79 heavy (non-hydrogen) atoms. The van der Waals surface area contributed by atoms with Crippen LogP contribution in [0.25, 0.3) is 10.4 Å². The largest absolute Gasteiger partial charge is 0.467 e. The van der Waals surface area contributed by atoms with Gasteiger partial charge in [-0.3, -0.25) is 4.79 Å². The fourth-order valence-electron chi connectivity index (χ4n) is 10.5. The van der Waals surface area contributed by atoms with E-state index >= 15 is 0 Å². The number of ether oxygens (including phenoxy) is 10. The van der Waals surface area contributed by atoms with Crippen LogP contribution < -0.4 is 21.3 Å². The van der Waals surface area contributed by atoms with Crippen molar-refractivity contribution in [3.05, 3.63) is 94.1 Å². The first-order valence-corrected chi connectivity index (χ1v) is 26.1. The summed E-state index contributed by atoms with van der Waals surface area (Å²) in [6.45, 7) is 5.43. The van der Waals surface area contributed by atoms with Gasteiger partial charge in [-0.25, -0.2) is 19.2 Å². The molecule has 2 saturated carbocycles. The average molecular weight is 1110 g/mol. The Hall–Kier alpha value is -6.36. The maximum atomic E-state index is 14.0. The summed E-state index contributed by atoms with van der Waals surface area (Å²) in [5.74, 6) is -2.00. The maximum Gasteiger partial charge on any atom is 0.407 e. The Labute approximate surface area is 454 Å². The molecule has 16 atom stereocenters. The molecule has 5 fully saturated rings. The van der Waals surface area contributed by atoms with Crippen LogP contribution in [-0.4, -0.2) is 179 Å². The predicted octanol–water partition coefficient (Wildman–Crippen LogP) is 2.34. The van der Waals surface area contributed by atoms with Crippen LogP contribution in [0.4, 0.5) is 19.2 Å². The van der Waals surface area contributed by atoms with Gasteiger partial charge in [0.1, 0.15) is 72.8 Å². The molecule has 2 aliphatic carbocycles. The number of benzene rings is 2. The number of ketones is 1. The molecule has 4 amide bonds. The first-order valence-electron chi connectivity index (χ1n) is 26.1. The van der Waals surface area contributed by atoms with Crippen molar-refractivity contribution in [3.63, 3.8) is 0 Å². The number of amides is 4. The van der Waals surface area contributed by atoms with Crippen LogP contribution >= 0.6 is 0 Å². The van der Waals surface area contributed by atoms with E-state index in [-0.39, 0.29) is 64.2 Å². The molecule has 9 N–H and O–H groups in total. The molecule has 8 rings (SSSR count). The Morgan fingerprint density at radius 2 is 1.44 bits per heavy atom. The number of hydrogen-bond acceptors (Lipinski definition) is 21. The highest BCUT2D eigenvalue weighted by Crippen LogP contribution is 2.43. The highest BCUT2D eigenvalue weighted by molar-refractivity contribution is 5.89. The van der Waals surface area contributed by atoms with Crippen molar-refractivity contribution in [2.45, 2.75) is 176 Å². The van der Waals surface area contributed by atoms with Crippen LogP contribution in [0, 0.1) is 11.8 Å². The van der Waals surface area contributed by atoms with E-state index in [1.807, 2.05) is 6.07 Å². The lowest BCUT2D eigenvalue weighted by Crippen LogP contribution is -2.69. The van der Waals surface area contributed by atoms with Gasteiger partial charge < -0.3 is 94.2 Å². The van der Waals surface area contributed by atoms with Crippen LogP contribution in [-0.2, 0) is 65.4 Å². The molecule has 6 aliphatic rings. The van der Waals surface area contributed by atoms with Crippen molar-refractivity contribution in [1.29, 1.82) is 0 Å². The number of rotatable bonds is 19. The van der Waals surface area contributed by atoms with Crippen molar-refractivity contribution in [3.8, 4) is 0 Å². The molecular formula is C52H69N7O20. The summed E-state index contributed by atoms with van der Waals surface area (Å²) in [6.07, 6.45) is -20.1. The number of aliphatic hydroxyl groups is 5. The van der Waals surface area contributed by atoms with Gasteiger partial charge in [0.25, 0.3) is 0 Å². The summed E-state index contributed by atoms with van der Waals surface area (Å²) in [4.78, 5) is 68.0. The van der Waals surface area contributed by atoms with Gasteiger partial charge >= 0.3 is 24.4 Å². The van der Waals surface area contributed by atoms with E-state index in [2.05, 4.69) is 31.3 Å². The normalized spacial score (nSPS) is 35.0. The monoisotopic (exact) mass is 1110 g/mol. The van der Waals surface area contributed by atoms with Crippen LogP contribution in [0.1, 0.15) is 70.9 Å². The molecular weight excluding hydrogens is 1040 g/mol. The van der Waals surface area contributed by atoms with Gasteiger partial charge in [-0.05, 0) is 68.2 Å². The number of carbonyl (C=O) groups excluding carboxylic acids is 5. The highest BCUT2D eigenvalue weighted by Gasteiger charge is 2.57. The zero-order valence-electron chi connectivity index (χ0n) is 43.9. The van der Waals surface area contributed by atoms with Crippen molar-refractivity contribution in [2.75, 3.05) is 19.7 Å². The number of alkyl carbamates (subject to hydrolysis) is 4. The summed E-state index contributed by atoms with van der Waals surface area (Å²) in [7, 11) is 0. The van der Waals surface area contributed by atoms with Crippen molar-refractivity contribution in [2.24, 2.45) is 17.0 Å². The standard InChI is InChI=1S/C52H69N7O20/c1-26-17-29(18-35(61)52(69)19-30(20-52)56-50(68)79-51(2,3)4)37(62)43(40(26)75-44-32(16-15-31(72-44)21-55-59-53)57-48(66)70-24-27-11-7-5-8-12-27)77-46-39(64)42(34(23-60)74-46)76-45-36(38(63)41-33(73-45)22-54-47(65)78-41)58-49(67)71-25-28-13-9-6-10-14-28/h5-15,26,29-30,32-34,36-46,60,62-64,69H,16-25H2,1-4H3,(H,54,65)(H,56,68)(H,57,66)(H,58,67)/t26-,29-,30?,32+,33-,34+,36+,37-,38+,39+,40+,41+,42+,43+,44+,45+,46-,52?/m0/s1. The maximum absolute atomic E-state index is 14.0. The zero-order valence-corrected chi connectivity index (χ0v) is 43.9. The Kier molecular flexibility index (Phi) is 19.2. The molecule has 0 spiro atoms. The lowest BCUT2D eigenvalue weighted by molar-refractivity contribution is -0.290. The van der Waals surface area contributed by atoms with Gasteiger partial charge in [-0.15, -0.1) is 0 Å². The minimum atomic E-state index is -1.86. The van der Waals surface area contributed by atoms with Gasteiger partial charge in [0, 0.05) is 30.2 Å². The minimum Gasteiger partial charge on any atom is -0.467 e. The molecule has 4 aliphatic heterocycles. The first-order chi connectivity index (χ1) is 37.7. The van der Waals surface area contributed by atoms with E-state index < -0.39 is 152 Å². The number of nitrogens with zero attached hydrogens (tertiary/aromatic N) is 3. The smallest absolute Gasteiger partial charge is 0.407 e. The lowest BCUT2D eigenvalue weighted by atomic mass is 9.68. The Balaban J connectivity index is 1.02. The van der Waals surface area contributed by atoms with E-state index in [0.29, 0.717) is 5.56 Å². The number of nitrogens with one attached hydrogen (secondary N) is 4. The SMILES string of the molecule is C[C@H]1C[C@@H](CC(=O)C2(O)CC(NC(=O)OC(C)(C)C)C2)[C@H](O)[C@@H](O[C@@H]2O[C@H](CO)[C@@H](O[C@H]3O[C@H]4CNC(=O)O[C@H]4[C@H](O)[C@H]3NC(=O)OCc3ccccc3)[C@H]2O)[C@@H]1O[C@H]1OC(CN=[N+]=[N-])=CC[C@H]1NC(=O)OCc1ccccc1. The van der Waals surface area contributed by atoms with Crippen LogP contribution in [0.5, 0.6) is 0 Å². The van der Waals surface area contributed by atoms with Gasteiger partial charge in [0.15, 0.2) is 24.5 Å².